The van der Waals surface area contributed by atoms with Gasteiger partial charge in [0, 0.05) is 11.8 Å². The van der Waals surface area contributed by atoms with Crippen LogP contribution in [-0.2, 0) is 0 Å². The molecular formula is C15H12FN3O3. The summed E-state index contributed by atoms with van der Waals surface area (Å²) in [5, 5.41) is 0. The van der Waals surface area contributed by atoms with Crippen molar-refractivity contribution in [3.63, 3.8) is 0 Å². The molecule has 2 aromatic carbocycles. The Bertz CT molecular complexity index is 914. The molecule has 0 atom stereocenters. The Morgan fingerprint density at radius 2 is 2.09 bits per heavy atom. The minimum atomic E-state index is -0.576. The number of nitrogens with one attached hydrogen (secondary N) is 1. The van der Waals surface area contributed by atoms with Crippen molar-refractivity contribution in [3.05, 3.63) is 58.8 Å². The highest BCUT2D eigenvalue weighted by atomic mass is 19.1. The quantitative estimate of drug-likeness (QED) is 0.721. The normalized spacial score (nSPS) is 10.8. The Kier molecular flexibility index (Phi) is 3.38. The average molecular weight is 301 g/mol. The van der Waals surface area contributed by atoms with E-state index in [1.807, 2.05) is 0 Å². The van der Waals surface area contributed by atoms with Gasteiger partial charge in [-0.3, -0.25) is 4.79 Å². The number of nitrogens with zero attached hydrogens (tertiary/aromatic N) is 1. The lowest BCUT2D eigenvalue weighted by atomic mass is 10.3. The van der Waals surface area contributed by atoms with E-state index >= 15 is 0 Å². The first-order valence-corrected chi connectivity index (χ1v) is 6.46. The zero-order chi connectivity index (χ0) is 15.7. The third-order valence-corrected chi connectivity index (χ3v) is 3.11. The number of ether oxygens (including phenoxy) is 1. The van der Waals surface area contributed by atoms with Crippen molar-refractivity contribution < 1.29 is 13.9 Å². The molecule has 0 unspecified atom stereocenters. The summed E-state index contributed by atoms with van der Waals surface area (Å²) in [5.41, 5.74) is 6.40. The minimum absolute atomic E-state index is 0.213. The summed E-state index contributed by atoms with van der Waals surface area (Å²) in [4.78, 5) is 26.6. The fraction of sp³-hybridized carbons (Fsp3) is 0.0667. The van der Waals surface area contributed by atoms with Crippen LogP contribution in [0.15, 0.2) is 47.3 Å². The van der Waals surface area contributed by atoms with E-state index in [2.05, 4.69) is 4.98 Å². The molecule has 0 saturated heterocycles. The van der Waals surface area contributed by atoms with Gasteiger partial charge in [0.25, 0.3) is 5.91 Å². The van der Waals surface area contributed by atoms with Gasteiger partial charge in [-0.1, -0.05) is 6.07 Å². The number of nitrogens with two attached hydrogens (primary N) is 1. The van der Waals surface area contributed by atoms with Crippen molar-refractivity contribution in [1.29, 1.82) is 0 Å². The molecule has 0 radical (unpaired) electrons. The summed E-state index contributed by atoms with van der Waals surface area (Å²) in [5.74, 6) is -0.819. The van der Waals surface area contributed by atoms with Gasteiger partial charge in [-0.05, 0) is 30.3 Å². The number of hydrogen-bond donors (Lipinski definition) is 2. The maximum absolute atomic E-state index is 13.0. The summed E-state index contributed by atoms with van der Waals surface area (Å²) in [6, 6.07) is 10.1. The van der Waals surface area contributed by atoms with Crippen LogP contribution in [0.1, 0.15) is 4.79 Å². The minimum Gasteiger partial charge on any atom is -0.484 e. The van der Waals surface area contributed by atoms with Gasteiger partial charge in [0.2, 0.25) is 0 Å². The van der Waals surface area contributed by atoms with E-state index in [1.54, 1.807) is 18.2 Å². The summed E-state index contributed by atoms with van der Waals surface area (Å²) >= 11 is 0. The molecule has 112 valence electrons. The second-order valence-electron chi connectivity index (χ2n) is 4.68. The molecule has 0 saturated carbocycles. The van der Waals surface area contributed by atoms with Gasteiger partial charge in [0.1, 0.15) is 11.6 Å². The van der Waals surface area contributed by atoms with Gasteiger partial charge >= 0.3 is 5.69 Å². The molecular weight excluding hydrogens is 289 g/mol. The lowest BCUT2D eigenvalue weighted by Crippen LogP contribution is -2.28. The van der Waals surface area contributed by atoms with Crippen molar-refractivity contribution in [2.75, 3.05) is 12.3 Å². The summed E-state index contributed by atoms with van der Waals surface area (Å²) in [7, 11) is 0. The van der Waals surface area contributed by atoms with E-state index in [0.717, 1.165) is 10.6 Å². The second-order valence-corrected chi connectivity index (χ2v) is 4.68. The number of H-pyrrole nitrogens is 1. The molecule has 0 fully saturated rings. The SMILES string of the molecule is Nc1ccc2c(c1)[nH]c(=O)n2C(=O)COc1cccc(F)c1. The summed E-state index contributed by atoms with van der Waals surface area (Å²) < 4.78 is 19.2. The van der Waals surface area contributed by atoms with Crippen LogP contribution in [0.5, 0.6) is 5.75 Å². The van der Waals surface area contributed by atoms with E-state index in [1.165, 1.54) is 18.2 Å². The number of imidazole rings is 1. The number of carbonyl (C=O) groups excluding carboxylic acids is 1. The van der Waals surface area contributed by atoms with Crippen molar-refractivity contribution in [1.82, 2.24) is 9.55 Å². The van der Waals surface area contributed by atoms with E-state index in [4.69, 9.17) is 10.5 Å². The highest BCUT2D eigenvalue weighted by Crippen LogP contribution is 2.15. The number of benzene rings is 2. The van der Waals surface area contributed by atoms with Crippen LogP contribution in [0.4, 0.5) is 10.1 Å². The number of nitrogen functional groups attached to an aromatic ring is 1. The fourth-order valence-corrected chi connectivity index (χ4v) is 2.14. The molecule has 1 heterocycles. The molecule has 3 aromatic rings. The second kappa shape index (κ2) is 5.36. The number of rotatable bonds is 3. The molecule has 1 aromatic heterocycles. The number of halogens is 1. The maximum atomic E-state index is 13.0. The van der Waals surface area contributed by atoms with Crippen LogP contribution in [0.2, 0.25) is 0 Å². The van der Waals surface area contributed by atoms with Gasteiger partial charge in [-0.15, -0.1) is 0 Å². The zero-order valence-electron chi connectivity index (χ0n) is 11.4. The molecule has 0 aliphatic carbocycles. The van der Waals surface area contributed by atoms with Crippen LogP contribution < -0.4 is 16.2 Å². The third kappa shape index (κ3) is 2.56. The number of aromatic amines is 1. The molecule has 0 aliphatic heterocycles. The molecule has 0 spiro atoms. The number of hydrogen-bond acceptors (Lipinski definition) is 4. The van der Waals surface area contributed by atoms with Gasteiger partial charge in [0.05, 0.1) is 11.0 Å². The van der Waals surface area contributed by atoms with Gasteiger partial charge in [-0.25, -0.2) is 13.8 Å². The van der Waals surface area contributed by atoms with Crippen LogP contribution in [-0.4, -0.2) is 22.1 Å². The van der Waals surface area contributed by atoms with Gasteiger partial charge in [0.15, 0.2) is 6.61 Å². The van der Waals surface area contributed by atoms with Crippen molar-refractivity contribution in [2.45, 2.75) is 0 Å². The van der Waals surface area contributed by atoms with Crippen molar-refractivity contribution in [3.8, 4) is 5.75 Å². The monoisotopic (exact) mass is 301 g/mol. The predicted octanol–water partition coefficient (Wildman–Crippen LogP) is 1.77. The molecule has 0 bridgehead atoms. The van der Waals surface area contributed by atoms with Crippen molar-refractivity contribution in [2.24, 2.45) is 0 Å². The molecule has 3 N–H and O–H groups in total. The molecule has 7 heteroatoms. The number of carbonyl (C=O) groups is 1. The lowest BCUT2D eigenvalue weighted by Gasteiger charge is -2.06. The van der Waals surface area contributed by atoms with E-state index in [9.17, 15) is 14.0 Å². The first-order valence-electron chi connectivity index (χ1n) is 6.46. The van der Waals surface area contributed by atoms with Crippen LogP contribution in [0.25, 0.3) is 11.0 Å². The molecule has 0 aliphatic rings. The number of fused-ring (bicyclic) bond motifs is 1. The Hall–Kier alpha value is -3.09. The Morgan fingerprint density at radius 3 is 2.86 bits per heavy atom. The topological polar surface area (TPSA) is 90.1 Å². The fourth-order valence-electron chi connectivity index (χ4n) is 2.14. The number of anilines is 1. The van der Waals surface area contributed by atoms with Gasteiger partial charge < -0.3 is 15.5 Å². The van der Waals surface area contributed by atoms with Crippen LogP contribution >= 0.6 is 0 Å². The van der Waals surface area contributed by atoms with E-state index in [-0.39, 0.29) is 12.4 Å². The first-order chi connectivity index (χ1) is 10.5. The predicted molar refractivity (Wildman–Crippen MR) is 79.5 cm³/mol. The van der Waals surface area contributed by atoms with Crippen LogP contribution in [0.3, 0.4) is 0 Å². The largest absolute Gasteiger partial charge is 0.484 e. The van der Waals surface area contributed by atoms with E-state index in [0.29, 0.717) is 16.7 Å². The smallest absolute Gasteiger partial charge is 0.333 e. The van der Waals surface area contributed by atoms with Crippen LogP contribution in [0, 0.1) is 5.82 Å². The standard InChI is InChI=1S/C15H12FN3O3/c16-9-2-1-3-11(6-9)22-8-14(20)19-13-5-4-10(17)7-12(13)18-15(19)21/h1-7H,8,17H2,(H,18,21). The summed E-state index contributed by atoms with van der Waals surface area (Å²) in [6.07, 6.45) is 0. The molecule has 3 rings (SSSR count). The van der Waals surface area contributed by atoms with Gasteiger partial charge in [-0.2, -0.15) is 0 Å². The van der Waals surface area contributed by atoms with E-state index < -0.39 is 17.4 Å². The highest BCUT2D eigenvalue weighted by molar-refractivity contribution is 5.91. The molecule has 0 amide bonds. The Labute approximate surface area is 123 Å². The molecule has 22 heavy (non-hydrogen) atoms. The lowest BCUT2D eigenvalue weighted by molar-refractivity contribution is 0.0838. The molecule has 6 nitrogen and oxygen atoms in total. The summed E-state index contributed by atoms with van der Waals surface area (Å²) in [6.45, 7) is -0.388. The Morgan fingerprint density at radius 1 is 1.27 bits per heavy atom. The zero-order valence-corrected chi connectivity index (χ0v) is 11.4. The van der Waals surface area contributed by atoms with Crippen molar-refractivity contribution >= 4 is 22.6 Å². The first kappa shape index (κ1) is 13.9. The third-order valence-electron chi connectivity index (χ3n) is 3.11. The maximum Gasteiger partial charge on any atom is 0.333 e. The number of aromatic nitrogens is 2. The average Bonchev–Trinajstić information content (AvgIpc) is 2.80. The highest BCUT2D eigenvalue weighted by Gasteiger charge is 2.14. The Balaban J connectivity index is 1.86.